The summed E-state index contributed by atoms with van der Waals surface area (Å²) in [5, 5.41) is 4.13. The molecule has 1 atom stereocenters. The fourth-order valence-electron chi connectivity index (χ4n) is 3.75. The Balaban J connectivity index is 1.37. The molecule has 3 heterocycles. The molecule has 2 saturated heterocycles. The molecule has 3 aliphatic rings. The summed E-state index contributed by atoms with van der Waals surface area (Å²) < 4.78 is 22.0. The average molecular weight is 376 g/mol. The van der Waals surface area contributed by atoms with E-state index in [9.17, 15) is 4.79 Å². The molecule has 1 amide bonds. The number of nitrogens with zero attached hydrogens (tertiary/aromatic N) is 2. The van der Waals surface area contributed by atoms with Gasteiger partial charge in [0.05, 0.1) is 33.1 Å². The van der Waals surface area contributed by atoms with Crippen LogP contribution in [0, 0.1) is 0 Å². The van der Waals surface area contributed by atoms with Crippen LogP contribution in [0.2, 0.25) is 0 Å². The maximum atomic E-state index is 12.8. The fraction of sp³-hybridized carbons (Fsp3) is 0.579. The van der Waals surface area contributed by atoms with Crippen molar-refractivity contribution in [1.29, 1.82) is 0 Å². The number of oxime groups is 1. The lowest BCUT2D eigenvalue weighted by Gasteiger charge is -2.38. The Kier molecular flexibility index (Phi) is 4.92. The molecular formula is C19H24N2O6. The first kappa shape index (κ1) is 18.1. The van der Waals surface area contributed by atoms with Gasteiger partial charge in [0.2, 0.25) is 6.10 Å². The molecule has 0 unspecified atom stereocenters. The van der Waals surface area contributed by atoms with E-state index in [2.05, 4.69) is 5.16 Å². The standard InChI is InChI=1S/C19H24N2O6/c1-23-15-4-3-13(11-16(15)24-2)14-12-17(27-20-14)18(22)21-7-5-19(6-8-21)25-9-10-26-19/h3-4,11,17H,5-10,12H2,1-2H3/t17-/m1/s1. The summed E-state index contributed by atoms with van der Waals surface area (Å²) in [5.74, 6) is 0.730. The highest BCUT2D eigenvalue weighted by Crippen LogP contribution is 2.33. The SMILES string of the molecule is COc1ccc(C2=NO[C@@H](C(=O)N3CCC4(CC3)OCCO4)C2)cc1OC. The van der Waals surface area contributed by atoms with Crippen LogP contribution in [-0.4, -0.2) is 68.9 Å². The van der Waals surface area contributed by atoms with Gasteiger partial charge in [-0.1, -0.05) is 5.16 Å². The number of methoxy groups -OCH3 is 2. The second-order valence-electron chi connectivity index (χ2n) is 6.84. The van der Waals surface area contributed by atoms with Gasteiger partial charge in [-0.3, -0.25) is 4.79 Å². The van der Waals surface area contributed by atoms with Gasteiger partial charge in [-0.25, -0.2) is 0 Å². The van der Waals surface area contributed by atoms with Crippen molar-refractivity contribution in [1.82, 2.24) is 4.90 Å². The highest BCUT2D eigenvalue weighted by Gasteiger charge is 2.42. The third kappa shape index (κ3) is 3.46. The minimum Gasteiger partial charge on any atom is -0.493 e. The van der Waals surface area contributed by atoms with Crippen molar-refractivity contribution in [2.75, 3.05) is 40.5 Å². The zero-order valence-electron chi connectivity index (χ0n) is 15.6. The van der Waals surface area contributed by atoms with Crippen molar-refractivity contribution in [3.8, 4) is 11.5 Å². The van der Waals surface area contributed by atoms with E-state index in [1.165, 1.54) is 0 Å². The molecular weight excluding hydrogens is 352 g/mol. The van der Waals surface area contributed by atoms with Crippen molar-refractivity contribution < 1.29 is 28.6 Å². The summed E-state index contributed by atoms with van der Waals surface area (Å²) in [7, 11) is 3.18. The molecule has 8 heteroatoms. The summed E-state index contributed by atoms with van der Waals surface area (Å²) in [6.07, 6.45) is 1.22. The van der Waals surface area contributed by atoms with Gasteiger partial charge in [0.15, 0.2) is 17.3 Å². The molecule has 1 spiro atoms. The van der Waals surface area contributed by atoms with E-state index in [4.69, 9.17) is 23.8 Å². The normalized spacial score (nSPS) is 23.9. The number of ether oxygens (including phenoxy) is 4. The van der Waals surface area contributed by atoms with Crippen LogP contribution in [-0.2, 0) is 19.1 Å². The molecule has 0 saturated carbocycles. The van der Waals surface area contributed by atoms with E-state index in [0.29, 0.717) is 57.1 Å². The molecule has 0 bridgehead atoms. The van der Waals surface area contributed by atoms with E-state index in [1.54, 1.807) is 14.2 Å². The number of hydrogen-bond acceptors (Lipinski definition) is 7. The van der Waals surface area contributed by atoms with Crippen LogP contribution < -0.4 is 9.47 Å². The molecule has 0 aliphatic carbocycles. The first-order valence-electron chi connectivity index (χ1n) is 9.16. The number of likely N-dealkylation sites (tertiary alicyclic amines) is 1. The summed E-state index contributed by atoms with van der Waals surface area (Å²) >= 11 is 0. The quantitative estimate of drug-likeness (QED) is 0.794. The predicted octanol–water partition coefficient (Wildman–Crippen LogP) is 1.56. The number of hydrogen-bond donors (Lipinski definition) is 0. The van der Waals surface area contributed by atoms with Crippen LogP contribution in [0.3, 0.4) is 0 Å². The number of benzene rings is 1. The van der Waals surface area contributed by atoms with Crippen LogP contribution in [0.25, 0.3) is 0 Å². The van der Waals surface area contributed by atoms with Gasteiger partial charge in [0.25, 0.3) is 5.91 Å². The van der Waals surface area contributed by atoms with Crippen LogP contribution in [0.15, 0.2) is 23.4 Å². The number of carbonyl (C=O) groups excluding carboxylic acids is 1. The van der Waals surface area contributed by atoms with Crippen LogP contribution in [0.5, 0.6) is 11.5 Å². The summed E-state index contributed by atoms with van der Waals surface area (Å²) in [5.41, 5.74) is 1.58. The third-order valence-corrected chi connectivity index (χ3v) is 5.31. The van der Waals surface area contributed by atoms with Crippen molar-refractivity contribution in [2.45, 2.75) is 31.2 Å². The zero-order chi connectivity index (χ0) is 18.9. The lowest BCUT2D eigenvalue weighted by molar-refractivity contribution is -0.189. The Morgan fingerprint density at radius 1 is 1.15 bits per heavy atom. The topological polar surface area (TPSA) is 78.8 Å². The highest BCUT2D eigenvalue weighted by molar-refractivity contribution is 6.04. The van der Waals surface area contributed by atoms with Gasteiger partial charge in [-0.05, 0) is 18.2 Å². The Bertz CT molecular complexity index is 734. The van der Waals surface area contributed by atoms with Crippen molar-refractivity contribution >= 4 is 11.6 Å². The van der Waals surface area contributed by atoms with E-state index >= 15 is 0 Å². The number of rotatable bonds is 4. The van der Waals surface area contributed by atoms with Crippen LogP contribution in [0.4, 0.5) is 0 Å². The molecule has 27 heavy (non-hydrogen) atoms. The Morgan fingerprint density at radius 3 is 2.52 bits per heavy atom. The Hall–Kier alpha value is -2.32. The van der Waals surface area contributed by atoms with E-state index in [0.717, 1.165) is 11.3 Å². The molecule has 8 nitrogen and oxygen atoms in total. The molecule has 0 radical (unpaired) electrons. The predicted molar refractivity (Wildman–Crippen MR) is 96.0 cm³/mol. The minimum absolute atomic E-state index is 0.0397. The van der Waals surface area contributed by atoms with Crippen molar-refractivity contribution in [2.24, 2.45) is 5.16 Å². The first-order chi connectivity index (χ1) is 13.1. The zero-order valence-corrected chi connectivity index (χ0v) is 15.6. The summed E-state index contributed by atoms with van der Waals surface area (Å²) in [4.78, 5) is 20.1. The highest BCUT2D eigenvalue weighted by atomic mass is 16.7. The molecule has 146 valence electrons. The lowest BCUT2D eigenvalue weighted by atomic mass is 10.0. The first-order valence-corrected chi connectivity index (χ1v) is 9.16. The Labute approximate surface area is 157 Å². The second-order valence-corrected chi connectivity index (χ2v) is 6.84. The average Bonchev–Trinajstić information content (AvgIpc) is 3.38. The van der Waals surface area contributed by atoms with Gasteiger partial charge in [0, 0.05) is 37.9 Å². The number of amides is 1. The van der Waals surface area contributed by atoms with Crippen molar-refractivity contribution in [3.63, 3.8) is 0 Å². The molecule has 1 aromatic carbocycles. The molecule has 2 fully saturated rings. The fourth-order valence-corrected chi connectivity index (χ4v) is 3.75. The van der Waals surface area contributed by atoms with E-state index in [-0.39, 0.29) is 5.91 Å². The maximum Gasteiger partial charge on any atom is 0.266 e. The van der Waals surface area contributed by atoms with Crippen LogP contribution in [0.1, 0.15) is 24.8 Å². The Morgan fingerprint density at radius 2 is 1.85 bits per heavy atom. The molecule has 0 N–H and O–H groups in total. The number of carbonyl (C=O) groups is 1. The third-order valence-electron chi connectivity index (χ3n) is 5.31. The van der Waals surface area contributed by atoms with E-state index in [1.807, 2.05) is 23.1 Å². The summed E-state index contributed by atoms with van der Waals surface area (Å²) in [6, 6.07) is 5.54. The summed E-state index contributed by atoms with van der Waals surface area (Å²) in [6.45, 7) is 2.46. The van der Waals surface area contributed by atoms with Gasteiger partial charge in [-0.2, -0.15) is 0 Å². The number of piperidine rings is 1. The lowest BCUT2D eigenvalue weighted by Crippen LogP contribution is -2.50. The van der Waals surface area contributed by atoms with Gasteiger partial charge >= 0.3 is 0 Å². The molecule has 4 rings (SSSR count). The van der Waals surface area contributed by atoms with Gasteiger partial charge in [-0.15, -0.1) is 0 Å². The maximum absolute atomic E-state index is 12.8. The largest absolute Gasteiger partial charge is 0.493 e. The monoisotopic (exact) mass is 376 g/mol. The second kappa shape index (κ2) is 7.36. The minimum atomic E-state index is -0.590. The smallest absolute Gasteiger partial charge is 0.266 e. The molecule has 3 aliphatic heterocycles. The van der Waals surface area contributed by atoms with Crippen LogP contribution >= 0.6 is 0 Å². The molecule has 0 aromatic heterocycles. The molecule has 1 aromatic rings. The van der Waals surface area contributed by atoms with E-state index < -0.39 is 11.9 Å². The van der Waals surface area contributed by atoms with Gasteiger partial charge < -0.3 is 28.7 Å². The van der Waals surface area contributed by atoms with Gasteiger partial charge in [0.1, 0.15) is 0 Å². The van der Waals surface area contributed by atoms with Crippen molar-refractivity contribution in [3.05, 3.63) is 23.8 Å².